The first-order valence-electron chi connectivity index (χ1n) is 11.0. The number of nitrogens with one attached hydrogen (secondary N) is 1. The smallest absolute Gasteiger partial charge is 0.407 e. The van der Waals surface area contributed by atoms with E-state index in [4.69, 9.17) is 4.74 Å². The second-order valence-corrected chi connectivity index (χ2v) is 8.05. The first-order chi connectivity index (χ1) is 15.8. The molecule has 32 heavy (non-hydrogen) atoms. The van der Waals surface area contributed by atoms with E-state index >= 15 is 0 Å². The summed E-state index contributed by atoms with van der Waals surface area (Å²) in [4.78, 5) is 12.2. The van der Waals surface area contributed by atoms with Gasteiger partial charge in [-0.05, 0) is 51.1 Å². The Morgan fingerprint density at radius 3 is 2.22 bits per heavy atom. The lowest BCUT2D eigenvalue weighted by molar-refractivity contribution is 0.143. The molecule has 0 aliphatic heterocycles. The molecule has 4 aromatic carbocycles. The summed E-state index contributed by atoms with van der Waals surface area (Å²) in [5, 5.41) is 5.32. The first-order valence-corrected chi connectivity index (χ1v) is 11.0. The largest absolute Gasteiger partial charge is 0.449 e. The van der Waals surface area contributed by atoms with Crippen molar-refractivity contribution in [3.8, 4) is 11.1 Å². The van der Waals surface area contributed by atoms with Gasteiger partial charge in [0.1, 0.15) is 6.61 Å². The molecule has 0 aromatic heterocycles. The molecule has 0 unspecified atom stereocenters. The molecule has 158 valence electrons. The van der Waals surface area contributed by atoms with Crippen LogP contribution in [0.15, 0.2) is 97.1 Å². The van der Waals surface area contributed by atoms with Gasteiger partial charge in [0.25, 0.3) is 0 Å². The van der Waals surface area contributed by atoms with Gasteiger partial charge in [-0.2, -0.15) is 0 Å². The van der Waals surface area contributed by atoms with Crippen LogP contribution in [0.3, 0.4) is 0 Å². The molecule has 0 spiro atoms. The van der Waals surface area contributed by atoms with Crippen LogP contribution in [0.4, 0.5) is 4.79 Å². The third-order valence-electron chi connectivity index (χ3n) is 6.01. The molecule has 1 aliphatic carbocycles. The molecule has 1 amide bonds. The summed E-state index contributed by atoms with van der Waals surface area (Å²) in [6.45, 7) is 0.882. The molecule has 0 atom stereocenters. The van der Waals surface area contributed by atoms with Crippen molar-refractivity contribution in [3.63, 3.8) is 0 Å². The van der Waals surface area contributed by atoms with Gasteiger partial charge in [-0.15, -0.1) is 0 Å². The van der Waals surface area contributed by atoms with Crippen molar-refractivity contribution in [3.05, 3.63) is 114 Å². The van der Waals surface area contributed by atoms with Gasteiger partial charge in [0.15, 0.2) is 0 Å². The van der Waals surface area contributed by atoms with Crippen molar-refractivity contribution in [2.24, 2.45) is 0 Å². The number of carbonyl (C=O) groups excluding carboxylic acids is 1. The molecule has 0 radical (unpaired) electrons. The Hall–Kier alpha value is -3.85. The van der Waals surface area contributed by atoms with Gasteiger partial charge in [-0.25, -0.2) is 4.79 Å². The number of fused-ring (bicyclic) bond motifs is 4. The molecule has 5 rings (SSSR count). The second-order valence-electron chi connectivity index (χ2n) is 8.05. The Morgan fingerprint density at radius 1 is 0.812 bits per heavy atom. The van der Waals surface area contributed by atoms with Gasteiger partial charge in [0, 0.05) is 12.5 Å². The van der Waals surface area contributed by atoms with Crippen molar-refractivity contribution < 1.29 is 9.53 Å². The Bertz CT molecular complexity index is 1250. The highest BCUT2D eigenvalue weighted by Gasteiger charge is 2.28. The van der Waals surface area contributed by atoms with E-state index in [0.29, 0.717) is 13.2 Å². The van der Waals surface area contributed by atoms with Crippen LogP contribution in [0.5, 0.6) is 0 Å². The molecule has 3 heteroatoms. The first kappa shape index (κ1) is 20.1. The predicted molar refractivity (Wildman–Crippen MR) is 131 cm³/mol. The molecule has 0 saturated heterocycles. The number of carbonyl (C=O) groups is 1. The lowest BCUT2D eigenvalue weighted by Gasteiger charge is -2.14. The van der Waals surface area contributed by atoms with Crippen molar-refractivity contribution in [2.75, 3.05) is 13.2 Å². The molecule has 0 heterocycles. The summed E-state index contributed by atoms with van der Waals surface area (Å²) >= 11 is 0. The zero-order valence-electron chi connectivity index (χ0n) is 17.8. The van der Waals surface area contributed by atoms with Crippen LogP contribution in [0.25, 0.3) is 28.0 Å². The SMILES string of the molecule is O=C(NCCC=Cc1ccc2ccccc2c1)OCC1c2ccccc2-c2ccccc21. The average molecular weight is 420 g/mol. The maximum Gasteiger partial charge on any atom is 0.407 e. The monoisotopic (exact) mass is 419 g/mol. The molecule has 1 N–H and O–H groups in total. The molecule has 1 aliphatic rings. The lowest BCUT2D eigenvalue weighted by atomic mass is 9.98. The number of amides is 1. The predicted octanol–water partition coefficient (Wildman–Crippen LogP) is 6.78. The third kappa shape index (κ3) is 4.15. The van der Waals surface area contributed by atoms with E-state index in [1.165, 1.54) is 33.0 Å². The van der Waals surface area contributed by atoms with Crippen LogP contribution in [-0.2, 0) is 4.74 Å². The van der Waals surface area contributed by atoms with E-state index in [-0.39, 0.29) is 12.0 Å². The van der Waals surface area contributed by atoms with Gasteiger partial charge in [-0.1, -0.05) is 97.1 Å². The fourth-order valence-corrected chi connectivity index (χ4v) is 4.44. The van der Waals surface area contributed by atoms with E-state index in [2.05, 4.69) is 84.2 Å². The van der Waals surface area contributed by atoms with Crippen LogP contribution >= 0.6 is 0 Å². The minimum Gasteiger partial charge on any atom is -0.449 e. The standard InChI is InChI=1S/C29H25NO2/c31-29(30-18-8-7-9-21-16-17-22-10-1-2-11-23(22)19-21)32-20-28-26-14-5-3-12-24(26)25-13-4-6-15-27(25)28/h1-7,9-17,19,28H,8,18,20H2,(H,30,31). The van der Waals surface area contributed by atoms with Crippen LogP contribution in [0.1, 0.15) is 29.0 Å². The molecular formula is C29H25NO2. The molecule has 0 fully saturated rings. The minimum atomic E-state index is -0.369. The number of alkyl carbamates (subject to hydrolysis) is 1. The Kier molecular flexibility index (Phi) is 5.71. The van der Waals surface area contributed by atoms with E-state index in [1.807, 2.05) is 24.3 Å². The maximum atomic E-state index is 12.2. The highest BCUT2D eigenvalue weighted by molar-refractivity contribution is 5.84. The van der Waals surface area contributed by atoms with E-state index in [1.54, 1.807) is 0 Å². The number of rotatable bonds is 6. The van der Waals surface area contributed by atoms with Gasteiger partial charge in [0.2, 0.25) is 0 Å². The summed E-state index contributed by atoms with van der Waals surface area (Å²) < 4.78 is 5.58. The number of benzene rings is 4. The third-order valence-corrected chi connectivity index (χ3v) is 6.01. The summed E-state index contributed by atoms with van der Waals surface area (Å²) in [5.74, 6) is 0.0842. The molecular weight excluding hydrogens is 394 g/mol. The highest BCUT2D eigenvalue weighted by atomic mass is 16.5. The fraction of sp³-hybridized carbons (Fsp3) is 0.138. The minimum absolute atomic E-state index is 0.0842. The summed E-state index contributed by atoms with van der Waals surface area (Å²) in [6, 6.07) is 31.4. The molecule has 3 nitrogen and oxygen atoms in total. The quantitative estimate of drug-likeness (QED) is 0.350. The number of hydrogen-bond donors (Lipinski definition) is 1. The highest BCUT2D eigenvalue weighted by Crippen LogP contribution is 2.44. The average Bonchev–Trinajstić information content (AvgIpc) is 3.16. The number of ether oxygens (including phenoxy) is 1. The van der Waals surface area contributed by atoms with E-state index in [0.717, 1.165) is 12.0 Å². The van der Waals surface area contributed by atoms with Gasteiger partial charge in [0.05, 0.1) is 0 Å². The van der Waals surface area contributed by atoms with Crippen LogP contribution < -0.4 is 5.32 Å². The Labute approximate surface area is 188 Å². The molecule has 0 saturated carbocycles. The Balaban J connectivity index is 1.12. The Morgan fingerprint density at radius 2 is 1.47 bits per heavy atom. The molecule has 4 aromatic rings. The summed E-state index contributed by atoms with van der Waals surface area (Å²) in [6.07, 6.45) is 4.54. The van der Waals surface area contributed by atoms with Crippen LogP contribution in [0.2, 0.25) is 0 Å². The lowest BCUT2D eigenvalue weighted by Crippen LogP contribution is -2.26. The van der Waals surface area contributed by atoms with Crippen LogP contribution in [-0.4, -0.2) is 19.2 Å². The van der Waals surface area contributed by atoms with Gasteiger partial charge >= 0.3 is 6.09 Å². The fourth-order valence-electron chi connectivity index (χ4n) is 4.44. The normalized spacial score (nSPS) is 12.6. The van der Waals surface area contributed by atoms with Gasteiger partial charge < -0.3 is 10.1 Å². The zero-order valence-corrected chi connectivity index (χ0v) is 17.8. The van der Waals surface area contributed by atoms with Crippen LogP contribution in [0, 0.1) is 0 Å². The summed E-state index contributed by atoms with van der Waals surface area (Å²) in [5.41, 5.74) is 6.07. The maximum absolute atomic E-state index is 12.2. The zero-order chi connectivity index (χ0) is 21.8. The molecule has 0 bridgehead atoms. The van der Waals surface area contributed by atoms with E-state index in [9.17, 15) is 4.79 Å². The second kappa shape index (κ2) is 9.11. The van der Waals surface area contributed by atoms with E-state index < -0.39 is 0 Å². The number of hydrogen-bond acceptors (Lipinski definition) is 2. The van der Waals surface area contributed by atoms with Crippen molar-refractivity contribution in [1.82, 2.24) is 5.32 Å². The summed E-state index contributed by atoms with van der Waals surface area (Å²) in [7, 11) is 0. The van der Waals surface area contributed by atoms with Crippen molar-refractivity contribution in [2.45, 2.75) is 12.3 Å². The van der Waals surface area contributed by atoms with Crippen molar-refractivity contribution >= 4 is 22.9 Å². The van der Waals surface area contributed by atoms with Crippen molar-refractivity contribution in [1.29, 1.82) is 0 Å². The topological polar surface area (TPSA) is 38.3 Å². The van der Waals surface area contributed by atoms with Gasteiger partial charge in [-0.3, -0.25) is 0 Å².